The van der Waals surface area contributed by atoms with Gasteiger partial charge in [-0.2, -0.15) is 10.4 Å². The second-order valence-corrected chi connectivity index (χ2v) is 6.57. The number of nitrogens with zero attached hydrogens (tertiary/aromatic N) is 5. The van der Waals surface area contributed by atoms with Gasteiger partial charge < -0.3 is 10.2 Å². The fourth-order valence-corrected chi connectivity index (χ4v) is 2.92. The molecule has 0 aliphatic heterocycles. The van der Waals surface area contributed by atoms with Crippen LogP contribution in [0.25, 0.3) is 5.69 Å². The van der Waals surface area contributed by atoms with Gasteiger partial charge in [0.25, 0.3) is 0 Å². The number of carbonyl (C=O) groups is 2. The van der Waals surface area contributed by atoms with Crippen LogP contribution in [0.3, 0.4) is 0 Å². The third-order valence-corrected chi connectivity index (χ3v) is 4.49. The lowest BCUT2D eigenvalue weighted by Crippen LogP contribution is -2.33. The first kappa shape index (κ1) is 20.7. The molecular weight excluding hydrogens is 380 g/mol. The predicted octanol–water partition coefficient (Wildman–Crippen LogP) is 2.61. The number of amides is 2. The molecule has 0 atom stereocenters. The molecule has 0 fully saturated rings. The van der Waals surface area contributed by atoms with Crippen molar-refractivity contribution in [2.75, 3.05) is 11.4 Å². The smallest absolute Gasteiger partial charge is 0.227 e. The third kappa shape index (κ3) is 5.75. The number of hydrogen-bond donors (Lipinski definition) is 1. The summed E-state index contributed by atoms with van der Waals surface area (Å²) in [7, 11) is 0. The van der Waals surface area contributed by atoms with E-state index in [9.17, 15) is 9.59 Å². The normalized spacial score (nSPS) is 10.2. The standard InChI is InChI=1S/C22H22N6O2/c23-13-4-14-27(19-5-2-1-3-6-19)22(30)12-11-21(29)25-15-18-7-9-20(10-8-18)28-17-24-16-26-28/h1-3,5-10,16-17H,4,11-12,14-15H2,(H,25,29). The minimum absolute atomic E-state index is 0.0807. The van der Waals surface area contributed by atoms with Crippen LogP contribution in [0.5, 0.6) is 0 Å². The highest BCUT2D eigenvalue weighted by molar-refractivity contribution is 5.95. The molecule has 30 heavy (non-hydrogen) atoms. The Bertz CT molecular complexity index is 994. The number of aromatic nitrogens is 3. The Morgan fingerprint density at radius 2 is 1.83 bits per heavy atom. The van der Waals surface area contributed by atoms with Gasteiger partial charge in [0.05, 0.1) is 18.2 Å². The second-order valence-electron chi connectivity index (χ2n) is 6.57. The van der Waals surface area contributed by atoms with Gasteiger partial charge in [0, 0.05) is 31.6 Å². The van der Waals surface area contributed by atoms with Crippen molar-refractivity contribution >= 4 is 17.5 Å². The highest BCUT2D eigenvalue weighted by atomic mass is 16.2. The van der Waals surface area contributed by atoms with E-state index in [4.69, 9.17) is 5.26 Å². The SMILES string of the molecule is N#CCCN(C(=O)CCC(=O)NCc1ccc(-n2cncn2)cc1)c1ccccc1. The monoisotopic (exact) mass is 402 g/mol. The van der Waals surface area contributed by atoms with E-state index >= 15 is 0 Å². The van der Waals surface area contributed by atoms with E-state index in [0.717, 1.165) is 16.9 Å². The number of para-hydroxylation sites is 1. The lowest BCUT2D eigenvalue weighted by Gasteiger charge is -2.21. The van der Waals surface area contributed by atoms with Crippen molar-refractivity contribution in [2.24, 2.45) is 0 Å². The Morgan fingerprint density at radius 3 is 2.50 bits per heavy atom. The maximum Gasteiger partial charge on any atom is 0.227 e. The summed E-state index contributed by atoms with van der Waals surface area (Å²) in [5.74, 6) is -0.374. The fourth-order valence-electron chi connectivity index (χ4n) is 2.92. The number of carbonyl (C=O) groups excluding carboxylic acids is 2. The maximum atomic E-state index is 12.6. The molecule has 152 valence electrons. The van der Waals surface area contributed by atoms with Crippen LogP contribution in [0.4, 0.5) is 5.69 Å². The number of rotatable bonds is 9. The Labute approximate surface area is 174 Å². The Morgan fingerprint density at radius 1 is 1.07 bits per heavy atom. The first-order valence-electron chi connectivity index (χ1n) is 9.60. The van der Waals surface area contributed by atoms with Crippen molar-refractivity contribution in [3.05, 3.63) is 72.8 Å². The summed E-state index contributed by atoms with van der Waals surface area (Å²) in [5, 5.41) is 15.8. The molecule has 1 aromatic heterocycles. The van der Waals surface area contributed by atoms with Crippen LogP contribution >= 0.6 is 0 Å². The van der Waals surface area contributed by atoms with Gasteiger partial charge >= 0.3 is 0 Å². The van der Waals surface area contributed by atoms with Gasteiger partial charge in [0.2, 0.25) is 11.8 Å². The molecular formula is C22H22N6O2. The van der Waals surface area contributed by atoms with Gasteiger partial charge in [-0.1, -0.05) is 30.3 Å². The van der Waals surface area contributed by atoms with Crippen LogP contribution in [-0.4, -0.2) is 33.1 Å². The summed E-state index contributed by atoms with van der Waals surface area (Å²) in [6.07, 6.45) is 3.48. The molecule has 0 aliphatic carbocycles. The van der Waals surface area contributed by atoms with Crippen molar-refractivity contribution in [3.8, 4) is 11.8 Å². The quantitative estimate of drug-likeness (QED) is 0.592. The summed E-state index contributed by atoms with van der Waals surface area (Å²) in [6.45, 7) is 0.681. The first-order chi connectivity index (χ1) is 14.7. The topological polar surface area (TPSA) is 104 Å². The molecule has 0 spiro atoms. The summed E-state index contributed by atoms with van der Waals surface area (Å²) in [5.41, 5.74) is 2.55. The van der Waals surface area contributed by atoms with Gasteiger partial charge in [-0.15, -0.1) is 0 Å². The van der Waals surface area contributed by atoms with Crippen LogP contribution in [-0.2, 0) is 16.1 Å². The average Bonchev–Trinajstić information content (AvgIpc) is 3.32. The number of nitriles is 1. The van der Waals surface area contributed by atoms with E-state index in [2.05, 4.69) is 21.5 Å². The van der Waals surface area contributed by atoms with Gasteiger partial charge in [-0.05, 0) is 29.8 Å². The molecule has 2 amide bonds. The van der Waals surface area contributed by atoms with Crippen LogP contribution in [0.2, 0.25) is 0 Å². The molecule has 3 aromatic rings. The van der Waals surface area contributed by atoms with Gasteiger partial charge in [0.15, 0.2) is 0 Å². The Hall–Kier alpha value is -3.99. The molecule has 0 saturated carbocycles. The van der Waals surface area contributed by atoms with Gasteiger partial charge in [0.1, 0.15) is 12.7 Å². The first-order valence-corrected chi connectivity index (χ1v) is 9.60. The Kier molecular flexibility index (Phi) is 7.28. The molecule has 0 radical (unpaired) electrons. The second kappa shape index (κ2) is 10.5. The van der Waals surface area contributed by atoms with Gasteiger partial charge in [-0.3, -0.25) is 9.59 Å². The van der Waals surface area contributed by atoms with E-state index in [-0.39, 0.29) is 31.1 Å². The van der Waals surface area contributed by atoms with Crippen molar-refractivity contribution < 1.29 is 9.59 Å². The van der Waals surface area contributed by atoms with E-state index < -0.39 is 0 Å². The van der Waals surface area contributed by atoms with Crippen LogP contribution in [0, 0.1) is 11.3 Å². The Balaban J connectivity index is 1.48. The van der Waals surface area contributed by atoms with Crippen LogP contribution in [0.15, 0.2) is 67.3 Å². The van der Waals surface area contributed by atoms with E-state index in [1.54, 1.807) is 15.9 Å². The van der Waals surface area contributed by atoms with Crippen molar-refractivity contribution in [1.29, 1.82) is 5.26 Å². The highest BCUT2D eigenvalue weighted by Crippen LogP contribution is 2.15. The fraction of sp³-hybridized carbons (Fsp3) is 0.227. The number of nitrogens with one attached hydrogen (secondary N) is 1. The van der Waals surface area contributed by atoms with Crippen molar-refractivity contribution in [3.63, 3.8) is 0 Å². The lowest BCUT2D eigenvalue weighted by atomic mass is 10.2. The minimum Gasteiger partial charge on any atom is -0.352 e. The molecule has 3 rings (SSSR count). The molecule has 2 aromatic carbocycles. The lowest BCUT2D eigenvalue weighted by molar-refractivity contribution is -0.125. The van der Waals surface area contributed by atoms with Gasteiger partial charge in [-0.25, -0.2) is 9.67 Å². The minimum atomic E-state index is -0.197. The highest BCUT2D eigenvalue weighted by Gasteiger charge is 2.16. The van der Waals surface area contributed by atoms with Crippen molar-refractivity contribution in [2.45, 2.75) is 25.8 Å². The number of anilines is 1. The van der Waals surface area contributed by atoms with Crippen molar-refractivity contribution in [1.82, 2.24) is 20.1 Å². The molecule has 1 N–H and O–H groups in total. The summed E-state index contributed by atoms with van der Waals surface area (Å²) < 4.78 is 1.65. The van der Waals surface area contributed by atoms with E-state index in [1.165, 1.54) is 6.33 Å². The average molecular weight is 402 g/mol. The maximum absolute atomic E-state index is 12.6. The molecule has 0 saturated heterocycles. The van der Waals surface area contributed by atoms with Crippen LogP contribution < -0.4 is 10.2 Å². The molecule has 0 unspecified atom stereocenters. The molecule has 0 aliphatic rings. The molecule has 0 bridgehead atoms. The largest absolute Gasteiger partial charge is 0.352 e. The summed E-state index contributed by atoms with van der Waals surface area (Å²) >= 11 is 0. The zero-order valence-corrected chi connectivity index (χ0v) is 16.4. The summed E-state index contributed by atoms with van der Waals surface area (Å²) in [6, 6.07) is 18.8. The number of benzene rings is 2. The molecule has 1 heterocycles. The third-order valence-electron chi connectivity index (χ3n) is 4.49. The van der Waals surface area contributed by atoms with Crippen LogP contribution in [0.1, 0.15) is 24.8 Å². The van der Waals surface area contributed by atoms with E-state index in [1.807, 2.05) is 54.6 Å². The molecule has 8 nitrogen and oxygen atoms in total. The predicted molar refractivity (Wildman–Crippen MR) is 111 cm³/mol. The number of hydrogen-bond acceptors (Lipinski definition) is 5. The zero-order chi connectivity index (χ0) is 21.2. The van der Waals surface area contributed by atoms with E-state index in [0.29, 0.717) is 13.1 Å². The summed E-state index contributed by atoms with van der Waals surface area (Å²) in [4.78, 5) is 30.3. The zero-order valence-electron chi connectivity index (χ0n) is 16.4. The molecule has 8 heteroatoms.